The lowest BCUT2D eigenvalue weighted by atomic mass is 10.1. The number of aryl methyl sites for hydroxylation is 2. The van der Waals surface area contributed by atoms with Crippen molar-refractivity contribution in [1.82, 2.24) is 9.55 Å². The fourth-order valence-corrected chi connectivity index (χ4v) is 2.57. The molecule has 1 amide bonds. The third-order valence-corrected chi connectivity index (χ3v) is 4.03. The topological polar surface area (TPSA) is 76.4 Å². The molecule has 3 rings (SSSR count). The summed E-state index contributed by atoms with van der Waals surface area (Å²) in [4.78, 5) is 16.7. The van der Waals surface area contributed by atoms with Crippen LogP contribution >= 0.6 is 0 Å². The summed E-state index contributed by atoms with van der Waals surface area (Å²) in [6.07, 6.45) is -1.28. The molecular formula is C18H19N3O3. The second kappa shape index (κ2) is 6.33. The van der Waals surface area contributed by atoms with Crippen molar-refractivity contribution in [2.45, 2.75) is 13.0 Å². The lowest BCUT2D eigenvalue weighted by Crippen LogP contribution is -2.20. The predicted molar refractivity (Wildman–Crippen MR) is 92.0 cm³/mol. The molecule has 24 heavy (non-hydrogen) atoms. The number of carbonyl (C=O) groups excluding carboxylic acids is 1. The van der Waals surface area contributed by atoms with Crippen LogP contribution in [-0.2, 0) is 11.8 Å². The molecule has 0 aliphatic rings. The van der Waals surface area contributed by atoms with E-state index in [0.717, 1.165) is 16.9 Å². The van der Waals surface area contributed by atoms with E-state index in [0.29, 0.717) is 17.0 Å². The van der Waals surface area contributed by atoms with E-state index in [2.05, 4.69) is 10.3 Å². The molecule has 0 bridgehead atoms. The van der Waals surface area contributed by atoms with Gasteiger partial charge in [-0.25, -0.2) is 4.98 Å². The minimum Gasteiger partial charge on any atom is -0.497 e. The van der Waals surface area contributed by atoms with E-state index in [-0.39, 0.29) is 0 Å². The number of imidazole rings is 1. The fraction of sp³-hybridized carbons (Fsp3) is 0.222. The molecule has 6 heteroatoms. The van der Waals surface area contributed by atoms with Gasteiger partial charge in [0, 0.05) is 12.7 Å². The average Bonchev–Trinajstić information content (AvgIpc) is 2.88. The first kappa shape index (κ1) is 16.0. The summed E-state index contributed by atoms with van der Waals surface area (Å²) in [6, 6.07) is 12.3. The maximum absolute atomic E-state index is 12.3. The van der Waals surface area contributed by atoms with E-state index in [1.165, 1.54) is 7.11 Å². The van der Waals surface area contributed by atoms with Crippen LogP contribution in [0.4, 0.5) is 5.69 Å². The van der Waals surface area contributed by atoms with Crippen molar-refractivity contribution in [3.63, 3.8) is 0 Å². The zero-order chi connectivity index (χ0) is 17.3. The first-order valence-electron chi connectivity index (χ1n) is 7.55. The van der Waals surface area contributed by atoms with E-state index < -0.39 is 12.0 Å². The molecule has 0 aliphatic carbocycles. The SMILES string of the molecule is COc1cccc(C(O)C(=O)Nc2ccc3c(c2)nc(C)n3C)c1. The van der Waals surface area contributed by atoms with Gasteiger partial charge in [-0.05, 0) is 42.8 Å². The van der Waals surface area contributed by atoms with Gasteiger partial charge in [-0.15, -0.1) is 0 Å². The molecule has 3 aromatic rings. The molecule has 0 fully saturated rings. The molecule has 124 valence electrons. The summed E-state index contributed by atoms with van der Waals surface area (Å²) >= 11 is 0. The Morgan fingerprint density at radius 3 is 2.83 bits per heavy atom. The molecule has 0 aliphatic heterocycles. The van der Waals surface area contributed by atoms with Crippen LogP contribution in [-0.4, -0.2) is 27.7 Å². The summed E-state index contributed by atoms with van der Waals surface area (Å²) in [6.45, 7) is 1.92. The highest BCUT2D eigenvalue weighted by Crippen LogP contribution is 2.23. The molecular weight excluding hydrogens is 306 g/mol. The van der Waals surface area contributed by atoms with Crippen molar-refractivity contribution in [2.24, 2.45) is 7.05 Å². The van der Waals surface area contributed by atoms with E-state index in [9.17, 15) is 9.90 Å². The second-order valence-corrected chi connectivity index (χ2v) is 5.59. The summed E-state index contributed by atoms with van der Waals surface area (Å²) < 4.78 is 7.09. The van der Waals surface area contributed by atoms with E-state index in [4.69, 9.17) is 4.74 Å². The highest BCUT2D eigenvalue weighted by atomic mass is 16.5. The van der Waals surface area contributed by atoms with Crippen molar-refractivity contribution in [2.75, 3.05) is 12.4 Å². The summed E-state index contributed by atoms with van der Waals surface area (Å²) in [5.74, 6) is 0.977. The Hall–Kier alpha value is -2.86. The van der Waals surface area contributed by atoms with Crippen LogP contribution in [0.3, 0.4) is 0 Å². The number of benzene rings is 2. The number of carbonyl (C=O) groups is 1. The van der Waals surface area contributed by atoms with Gasteiger partial charge in [-0.1, -0.05) is 12.1 Å². The van der Waals surface area contributed by atoms with Gasteiger partial charge in [-0.2, -0.15) is 0 Å². The molecule has 1 aromatic heterocycles. The Morgan fingerprint density at radius 1 is 1.29 bits per heavy atom. The van der Waals surface area contributed by atoms with Crippen LogP contribution in [0.25, 0.3) is 11.0 Å². The quantitative estimate of drug-likeness (QED) is 0.773. The monoisotopic (exact) mass is 325 g/mol. The van der Waals surface area contributed by atoms with Gasteiger partial charge in [0.25, 0.3) is 5.91 Å². The standard InChI is InChI=1S/C18H19N3O3/c1-11-19-15-10-13(7-8-16(15)21(11)2)20-18(23)17(22)12-5-4-6-14(9-12)24-3/h4-10,17,22H,1-3H3,(H,20,23). The van der Waals surface area contributed by atoms with Crippen molar-refractivity contribution in [1.29, 1.82) is 0 Å². The maximum atomic E-state index is 12.3. The van der Waals surface area contributed by atoms with Crippen molar-refractivity contribution < 1.29 is 14.6 Å². The highest BCUT2D eigenvalue weighted by molar-refractivity contribution is 5.96. The molecule has 1 unspecified atom stereocenters. The number of aromatic nitrogens is 2. The number of aliphatic hydroxyl groups excluding tert-OH is 1. The Kier molecular flexibility index (Phi) is 4.22. The van der Waals surface area contributed by atoms with Gasteiger partial charge in [-0.3, -0.25) is 4.79 Å². The molecule has 2 N–H and O–H groups in total. The first-order chi connectivity index (χ1) is 11.5. The molecule has 0 radical (unpaired) electrons. The van der Waals surface area contributed by atoms with Crippen molar-refractivity contribution >= 4 is 22.6 Å². The Labute approximate surface area is 139 Å². The average molecular weight is 325 g/mol. The lowest BCUT2D eigenvalue weighted by molar-refractivity contribution is -0.124. The fourth-order valence-electron chi connectivity index (χ4n) is 2.57. The second-order valence-electron chi connectivity index (χ2n) is 5.59. The minimum atomic E-state index is -1.28. The third kappa shape index (κ3) is 2.96. The van der Waals surface area contributed by atoms with Crippen LogP contribution in [0.5, 0.6) is 5.75 Å². The Balaban J connectivity index is 1.80. The highest BCUT2D eigenvalue weighted by Gasteiger charge is 2.18. The number of nitrogens with zero attached hydrogens (tertiary/aromatic N) is 2. The maximum Gasteiger partial charge on any atom is 0.257 e. The molecule has 2 aromatic carbocycles. The summed E-state index contributed by atoms with van der Waals surface area (Å²) in [5, 5.41) is 13.0. The summed E-state index contributed by atoms with van der Waals surface area (Å²) in [7, 11) is 3.48. The number of ether oxygens (including phenoxy) is 1. The smallest absolute Gasteiger partial charge is 0.257 e. The molecule has 1 heterocycles. The zero-order valence-corrected chi connectivity index (χ0v) is 13.8. The van der Waals surface area contributed by atoms with Crippen molar-refractivity contribution in [3.8, 4) is 5.75 Å². The van der Waals surface area contributed by atoms with Gasteiger partial charge < -0.3 is 19.7 Å². The molecule has 0 spiro atoms. The van der Waals surface area contributed by atoms with Crippen LogP contribution in [0, 0.1) is 6.92 Å². The van der Waals surface area contributed by atoms with Crippen LogP contribution in [0.2, 0.25) is 0 Å². The van der Waals surface area contributed by atoms with Gasteiger partial charge in [0.1, 0.15) is 11.6 Å². The number of anilines is 1. The molecule has 0 saturated heterocycles. The van der Waals surface area contributed by atoms with Crippen LogP contribution < -0.4 is 10.1 Å². The number of hydrogen-bond acceptors (Lipinski definition) is 4. The number of methoxy groups -OCH3 is 1. The number of fused-ring (bicyclic) bond motifs is 1. The number of rotatable bonds is 4. The van der Waals surface area contributed by atoms with Gasteiger partial charge >= 0.3 is 0 Å². The molecule has 6 nitrogen and oxygen atoms in total. The summed E-state index contributed by atoms with van der Waals surface area (Å²) in [5.41, 5.74) is 2.84. The number of amides is 1. The van der Waals surface area contributed by atoms with Gasteiger partial charge in [0.05, 0.1) is 18.1 Å². The number of hydrogen-bond donors (Lipinski definition) is 2. The van der Waals surface area contributed by atoms with E-state index in [1.54, 1.807) is 36.4 Å². The predicted octanol–water partition coefficient (Wildman–Crippen LogP) is 2.56. The first-order valence-corrected chi connectivity index (χ1v) is 7.55. The third-order valence-electron chi connectivity index (χ3n) is 4.03. The van der Waals surface area contributed by atoms with E-state index >= 15 is 0 Å². The number of nitrogens with one attached hydrogen (secondary N) is 1. The zero-order valence-electron chi connectivity index (χ0n) is 13.8. The van der Waals surface area contributed by atoms with Gasteiger partial charge in [0.2, 0.25) is 0 Å². The van der Waals surface area contributed by atoms with Crippen LogP contribution in [0.15, 0.2) is 42.5 Å². The van der Waals surface area contributed by atoms with Crippen molar-refractivity contribution in [3.05, 3.63) is 53.9 Å². The van der Waals surface area contributed by atoms with E-state index in [1.807, 2.05) is 24.6 Å². The largest absolute Gasteiger partial charge is 0.497 e. The Bertz CT molecular complexity index is 902. The molecule has 0 saturated carbocycles. The van der Waals surface area contributed by atoms with Gasteiger partial charge in [0.15, 0.2) is 6.10 Å². The Morgan fingerprint density at radius 2 is 2.08 bits per heavy atom. The van der Waals surface area contributed by atoms with Crippen LogP contribution in [0.1, 0.15) is 17.5 Å². The lowest BCUT2D eigenvalue weighted by Gasteiger charge is -2.12. The normalized spacial score (nSPS) is 12.2. The minimum absolute atomic E-state index is 0.474. The number of aliphatic hydroxyl groups is 1. The molecule has 1 atom stereocenters.